The van der Waals surface area contributed by atoms with E-state index in [4.69, 9.17) is 0 Å². The Hall–Kier alpha value is -1.31. The van der Waals surface area contributed by atoms with Gasteiger partial charge in [0.1, 0.15) is 0 Å². The van der Waals surface area contributed by atoms with Crippen molar-refractivity contribution in [1.82, 2.24) is 0 Å². The maximum absolute atomic E-state index is 11.4. The van der Waals surface area contributed by atoms with Gasteiger partial charge in [0, 0.05) is 0 Å². The molecular weight excluding hydrogens is 212 g/mol. The lowest BCUT2D eigenvalue weighted by Gasteiger charge is -2.01. The highest BCUT2D eigenvalue weighted by atomic mass is 16.3. The zero-order valence-electron chi connectivity index (χ0n) is 10.6. The first kappa shape index (κ1) is 13.8. The molecule has 94 valence electrons. The summed E-state index contributed by atoms with van der Waals surface area (Å²) in [7, 11) is 0. The van der Waals surface area contributed by atoms with Crippen LogP contribution < -0.4 is 5.43 Å². The molecule has 0 spiro atoms. The van der Waals surface area contributed by atoms with E-state index in [-0.39, 0.29) is 11.2 Å². The van der Waals surface area contributed by atoms with Crippen molar-refractivity contribution in [2.24, 2.45) is 0 Å². The molecule has 0 radical (unpaired) electrons. The lowest BCUT2D eigenvalue weighted by molar-refractivity contribution is 0.462. The van der Waals surface area contributed by atoms with E-state index in [0.29, 0.717) is 0 Å². The molecule has 0 fully saturated rings. The fourth-order valence-corrected chi connectivity index (χ4v) is 1.93. The summed E-state index contributed by atoms with van der Waals surface area (Å²) >= 11 is 0. The molecule has 17 heavy (non-hydrogen) atoms. The molecule has 0 unspecified atom stereocenters. The third kappa shape index (κ3) is 5.03. The highest BCUT2D eigenvalue weighted by Gasteiger charge is 2.02. The number of aryl methyl sites for hydroxylation is 1. The molecule has 1 N–H and O–H groups in total. The van der Waals surface area contributed by atoms with Crippen LogP contribution in [0.3, 0.4) is 0 Å². The molecule has 2 nitrogen and oxygen atoms in total. The van der Waals surface area contributed by atoms with Crippen LogP contribution in [0.2, 0.25) is 0 Å². The van der Waals surface area contributed by atoms with E-state index < -0.39 is 0 Å². The van der Waals surface area contributed by atoms with Crippen LogP contribution in [0, 0.1) is 0 Å². The second-order valence-electron chi connectivity index (χ2n) is 4.47. The zero-order chi connectivity index (χ0) is 12.5. The smallest absolute Gasteiger partial charge is 0.220 e. The summed E-state index contributed by atoms with van der Waals surface area (Å²) in [5.41, 5.74) is 0.492. The number of hydrogen-bond acceptors (Lipinski definition) is 2. The fourth-order valence-electron chi connectivity index (χ4n) is 1.93. The van der Waals surface area contributed by atoms with Gasteiger partial charge in [-0.3, -0.25) is 4.79 Å². The molecule has 0 bridgehead atoms. The van der Waals surface area contributed by atoms with E-state index in [2.05, 4.69) is 6.92 Å². The quantitative estimate of drug-likeness (QED) is 0.731. The summed E-state index contributed by atoms with van der Waals surface area (Å²) in [6.45, 7) is 2.21. The molecule has 0 heterocycles. The molecule has 0 aliphatic carbocycles. The average Bonchev–Trinajstić information content (AvgIpc) is 2.48. The SMILES string of the molecule is CCCCCCCCc1ccccc(=O)c1O. The van der Waals surface area contributed by atoms with Crippen LogP contribution in [0.1, 0.15) is 51.0 Å². The monoisotopic (exact) mass is 234 g/mol. The van der Waals surface area contributed by atoms with E-state index in [1.54, 1.807) is 6.07 Å². The van der Waals surface area contributed by atoms with Gasteiger partial charge in [-0.05, 0) is 24.5 Å². The minimum absolute atomic E-state index is 0.0800. The standard InChI is InChI=1S/C15H22O2/c1-2-3-4-5-6-7-10-13-11-8-9-12-14(16)15(13)17/h8-9,11-12H,2-7,10H2,1H3,(H,16,17). The van der Waals surface area contributed by atoms with Crippen molar-refractivity contribution in [1.29, 1.82) is 0 Å². The number of rotatable bonds is 7. The highest BCUT2D eigenvalue weighted by molar-refractivity contribution is 5.30. The molecule has 1 aromatic carbocycles. The van der Waals surface area contributed by atoms with Gasteiger partial charge in [-0.2, -0.15) is 0 Å². The van der Waals surface area contributed by atoms with Gasteiger partial charge in [-0.15, -0.1) is 0 Å². The normalized spacial score (nSPS) is 10.4. The van der Waals surface area contributed by atoms with Crippen LogP contribution in [0.5, 0.6) is 5.75 Å². The summed E-state index contributed by atoms with van der Waals surface area (Å²) in [6, 6.07) is 6.73. The molecule has 0 aliphatic heterocycles. The first-order chi connectivity index (χ1) is 8.25. The van der Waals surface area contributed by atoms with Crippen LogP contribution in [0.25, 0.3) is 0 Å². The van der Waals surface area contributed by atoms with Crippen molar-refractivity contribution in [3.8, 4) is 5.75 Å². The second-order valence-corrected chi connectivity index (χ2v) is 4.47. The van der Waals surface area contributed by atoms with Gasteiger partial charge in [-0.25, -0.2) is 0 Å². The molecule has 0 saturated heterocycles. The van der Waals surface area contributed by atoms with E-state index in [1.165, 1.54) is 38.2 Å². The largest absolute Gasteiger partial charge is 0.504 e. The maximum Gasteiger partial charge on any atom is 0.220 e. The van der Waals surface area contributed by atoms with Gasteiger partial charge in [-0.1, -0.05) is 57.2 Å². The number of aromatic hydroxyl groups is 1. The first-order valence-electron chi connectivity index (χ1n) is 6.57. The van der Waals surface area contributed by atoms with Crippen molar-refractivity contribution in [3.05, 3.63) is 40.1 Å². The Bertz CT molecular complexity index is 385. The van der Waals surface area contributed by atoms with Gasteiger partial charge < -0.3 is 5.11 Å². The van der Waals surface area contributed by atoms with Gasteiger partial charge in [0.25, 0.3) is 0 Å². The summed E-state index contributed by atoms with van der Waals surface area (Å²) in [6.07, 6.45) is 8.11. The van der Waals surface area contributed by atoms with E-state index in [0.717, 1.165) is 18.4 Å². The molecule has 1 rings (SSSR count). The average molecular weight is 234 g/mol. The van der Waals surface area contributed by atoms with E-state index in [1.807, 2.05) is 12.1 Å². The van der Waals surface area contributed by atoms with Crippen molar-refractivity contribution in [2.45, 2.75) is 51.9 Å². The third-order valence-electron chi connectivity index (χ3n) is 2.99. The van der Waals surface area contributed by atoms with Crippen LogP contribution >= 0.6 is 0 Å². The predicted octanol–water partition coefficient (Wildman–Crippen LogP) is 3.66. The zero-order valence-corrected chi connectivity index (χ0v) is 10.6. The molecular formula is C15H22O2. The molecule has 1 aromatic rings. The highest BCUT2D eigenvalue weighted by Crippen LogP contribution is 2.14. The van der Waals surface area contributed by atoms with Crippen LogP contribution in [0.4, 0.5) is 0 Å². The van der Waals surface area contributed by atoms with Crippen LogP contribution in [-0.2, 0) is 6.42 Å². The van der Waals surface area contributed by atoms with Gasteiger partial charge in [0.05, 0.1) is 0 Å². The Morgan fingerprint density at radius 3 is 2.41 bits per heavy atom. The Labute approximate surface area is 103 Å². The summed E-state index contributed by atoms with van der Waals surface area (Å²) in [5, 5.41) is 9.69. The molecule has 0 saturated carbocycles. The van der Waals surface area contributed by atoms with Crippen molar-refractivity contribution in [2.75, 3.05) is 0 Å². The maximum atomic E-state index is 11.4. The number of unbranched alkanes of at least 4 members (excludes halogenated alkanes) is 5. The predicted molar refractivity (Wildman–Crippen MR) is 71.5 cm³/mol. The minimum atomic E-state index is -0.281. The minimum Gasteiger partial charge on any atom is -0.504 e. The molecule has 0 amide bonds. The van der Waals surface area contributed by atoms with Gasteiger partial charge >= 0.3 is 0 Å². The lowest BCUT2D eigenvalue weighted by atomic mass is 10.1. The van der Waals surface area contributed by atoms with Gasteiger partial charge in [0.15, 0.2) is 5.75 Å². The Kier molecular flexibility index (Phi) is 6.38. The van der Waals surface area contributed by atoms with Gasteiger partial charge in [0.2, 0.25) is 5.43 Å². The molecule has 2 heteroatoms. The second kappa shape index (κ2) is 7.88. The lowest BCUT2D eigenvalue weighted by Crippen LogP contribution is -1.97. The Morgan fingerprint density at radius 2 is 1.65 bits per heavy atom. The fraction of sp³-hybridized carbons (Fsp3) is 0.533. The Morgan fingerprint density at radius 1 is 1.00 bits per heavy atom. The number of hydrogen-bond donors (Lipinski definition) is 1. The van der Waals surface area contributed by atoms with E-state index >= 15 is 0 Å². The Balaban J connectivity index is 2.40. The summed E-state index contributed by atoms with van der Waals surface area (Å²) in [5.74, 6) is -0.0800. The van der Waals surface area contributed by atoms with Crippen molar-refractivity contribution >= 4 is 0 Å². The molecule has 0 aliphatic rings. The topological polar surface area (TPSA) is 37.3 Å². The molecule has 0 atom stereocenters. The van der Waals surface area contributed by atoms with Crippen LogP contribution in [0.15, 0.2) is 29.1 Å². The van der Waals surface area contributed by atoms with Crippen molar-refractivity contribution < 1.29 is 5.11 Å². The molecule has 0 aromatic heterocycles. The van der Waals surface area contributed by atoms with Crippen molar-refractivity contribution in [3.63, 3.8) is 0 Å². The third-order valence-corrected chi connectivity index (χ3v) is 2.99. The summed E-state index contributed by atoms with van der Waals surface area (Å²) < 4.78 is 0. The first-order valence-corrected chi connectivity index (χ1v) is 6.57. The van der Waals surface area contributed by atoms with Crippen LogP contribution in [-0.4, -0.2) is 5.11 Å². The van der Waals surface area contributed by atoms with E-state index in [9.17, 15) is 9.90 Å². The summed E-state index contributed by atoms with van der Waals surface area (Å²) in [4.78, 5) is 11.4.